The topological polar surface area (TPSA) is 104 Å². The maximum absolute atomic E-state index is 11.9. The molecule has 2 aliphatic rings. The average molecular weight is 428 g/mol. The second-order valence-electron chi connectivity index (χ2n) is 7.85. The minimum absolute atomic E-state index is 0.146. The van der Waals surface area contributed by atoms with E-state index in [-0.39, 0.29) is 12.3 Å². The van der Waals surface area contributed by atoms with Gasteiger partial charge in [0.1, 0.15) is 23.7 Å². The number of carbonyl (C=O) groups is 1. The fourth-order valence-corrected chi connectivity index (χ4v) is 4.27. The van der Waals surface area contributed by atoms with Gasteiger partial charge >= 0.3 is 0 Å². The SMILES string of the molecule is Cc1oc2c(C(N)=O)cccc2c1C1NC2=C(NC=CC=C2)C(NCc2ccccc2)N1. The van der Waals surface area contributed by atoms with Crippen molar-refractivity contribution in [2.24, 2.45) is 5.73 Å². The first kappa shape index (κ1) is 20.1. The molecule has 7 nitrogen and oxygen atoms in total. The van der Waals surface area contributed by atoms with Crippen molar-refractivity contribution in [2.75, 3.05) is 0 Å². The highest BCUT2D eigenvalue weighted by Crippen LogP contribution is 2.34. The summed E-state index contributed by atoms with van der Waals surface area (Å²) < 4.78 is 6.01. The van der Waals surface area contributed by atoms with E-state index in [0.717, 1.165) is 28.1 Å². The Balaban J connectivity index is 1.52. The number of carbonyl (C=O) groups excluding carboxylic acids is 1. The molecule has 32 heavy (non-hydrogen) atoms. The summed E-state index contributed by atoms with van der Waals surface area (Å²) in [5.41, 5.74) is 10.6. The van der Waals surface area contributed by atoms with Gasteiger partial charge in [0.05, 0.1) is 17.0 Å². The Morgan fingerprint density at radius 1 is 1.12 bits per heavy atom. The molecule has 2 aliphatic heterocycles. The Morgan fingerprint density at radius 2 is 1.97 bits per heavy atom. The summed E-state index contributed by atoms with van der Waals surface area (Å²) in [5, 5.41) is 15.1. The fraction of sp³-hybridized carbons (Fsp3) is 0.160. The van der Waals surface area contributed by atoms with Gasteiger partial charge in [-0.3, -0.25) is 15.4 Å². The van der Waals surface area contributed by atoms with Crippen LogP contribution >= 0.6 is 0 Å². The zero-order valence-corrected chi connectivity index (χ0v) is 17.7. The van der Waals surface area contributed by atoms with Gasteiger partial charge in [-0.2, -0.15) is 0 Å². The zero-order valence-electron chi connectivity index (χ0n) is 17.7. The second-order valence-corrected chi connectivity index (χ2v) is 7.85. The standard InChI is InChI=1S/C25H25N5O2/c1-15-20(17-10-7-11-18(23(26)31)22(17)32-15)24-29-19-12-5-6-13-27-21(19)25(30-24)28-14-16-8-3-2-4-9-16/h2-13,24-25,27-30H,14H2,1H3,(H2,26,31). The largest absolute Gasteiger partial charge is 0.460 e. The van der Waals surface area contributed by atoms with Crippen molar-refractivity contribution < 1.29 is 9.21 Å². The zero-order chi connectivity index (χ0) is 22.1. The van der Waals surface area contributed by atoms with E-state index in [1.807, 2.05) is 61.7 Å². The van der Waals surface area contributed by atoms with Gasteiger partial charge in [0.2, 0.25) is 0 Å². The first-order chi connectivity index (χ1) is 15.6. The van der Waals surface area contributed by atoms with Crippen molar-refractivity contribution in [1.29, 1.82) is 0 Å². The van der Waals surface area contributed by atoms with Crippen molar-refractivity contribution in [2.45, 2.75) is 25.8 Å². The minimum Gasteiger partial charge on any atom is -0.460 e. The molecule has 2 atom stereocenters. The van der Waals surface area contributed by atoms with Gasteiger partial charge < -0.3 is 20.8 Å². The number of primary amides is 1. The van der Waals surface area contributed by atoms with Crippen molar-refractivity contribution in [3.05, 3.63) is 107 Å². The third-order valence-corrected chi connectivity index (χ3v) is 5.77. The number of nitrogens with two attached hydrogens (primary N) is 1. The summed E-state index contributed by atoms with van der Waals surface area (Å²) in [7, 11) is 0. The molecule has 7 heteroatoms. The Kier molecular flexibility index (Phi) is 5.26. The molecular weight excluding hydrogens is 402 g/mol. The van der Waals surface area contributed by atoms with Crippen LogP contribution in [0.5, 0.6) is 0 Å². The van der Waals surface area contributed by atoms with E-state index in [9.17, 15) is 4.79 Å². The lowest BCUT2D eigenvalue weighted by Crippen LogP contribution is -2.55. The van der Waals surface area contributed by atoms with Crippen LogP contribution in [0.25, 0.3) is 11.0 Å². The van der Waals surface area contributed by atoms with Gasteiger partial charge in [-0.25, -0.2) is 0 Å². The van der Waals surface area contributed by atoms with Gasteiger partial charge in [0.25, 0.3) is 5.91 Å². The third-order valence-electron chi connectivity index (χ3n) is 5.77. The molecule has 3 aromatic rings. The normalized spacial score (nSPS) is 19.9. The highest BCUT2D eigenvalue weighted by molar-refractivity contribution is 6.05. The summed E-state index contributed by atoms with van der Waals surface area (Å²) in [6.07, 6.45) is 7.52. The van der Waals surface area contributed by atoms with E-state index >= 15 is 0 Å². The molecule has 6 N–H and O–H groups in total. The number of para-hydroxylation sites is 1. The van der Waals surface area contributed by atoms with Crippen LogP contribution in [0.1, 0.15) is 33.4 Å². The number of allylic oxidation sites excluding steroid dienone is 3. The molecular formula is C25H25N5O2. The number of hydrogen-bond acceptors (Lipinski definition) is 6. The summed E-state index contributed by atoms with van der Waals surface area (Å²) in [6.45, 7) is 2.61. The van der Waals surface area contributed by atoms with Crippen molar-refractivity contribution in [3.8, 4) is 0 Å². The molecule has 1 aromatic heterocycles. The number of aryl methyl sites for hydroxylation is 1. The molecule has 0 spiro atoms. The van der Waals surface area contributed by atoms with E-state index < -0.39 is 5.91 Å². The molecule has 2 unspecified atom stereocenters. The van der Waals surface area contributed by atoms with E-state index in [2.05, 4.69) is 33.4 Å². The number of hydrogen-bond donors (Lipinski definition) is 5. The van der Waals surface area contributed by atoms with Gasteiger partial charge in [-0.05, 0) is 30.7 Å². The maximum Gasteiger partial charge on any atom is 0.252 e. The molecule has 0 radical (unpaired) electrons. The fourth-order valence-electron chi connectivity index (χ4n) is 4.27. The third kappa shape index (κ3) is 3.68. The van der Waals surface area contributed by atoms with Gasteiger partial charge in [0, 0.05) is 23.7 Å². The molecule has 2 aromatic carbocycles. The Labute approximate surface area is 186 Å². The molecule has 5 rings (SSSR count). The molecule has 0 saturated heterocycles. The molecule has 0 saturated carbocycles. The molecule has 3 heterocycles. The quantitative estimate of drug-likeness (QED) is 0.429. The van der Waals surface area contributed by atoms with Crippen LogP contribution < -0.4 is 27.0 Å². The Morgan fingerprint density at radius 3 is 2.78 bits per heavy atom. The lowest BCUT2D eigenvalue weighted by atomic mass is 10.0. The van der Waals surface area contributed by atoms with Gasteiger partial charge in [-0.15, -0.1) is 0 Å². The molecule has 0 bridgehead atoms. The van der Waals surface area contributed by atoms with Crippen LogP contribution in [-0.2, 0) is 6.54 Å². The summed E-state index contributed by atoms with van der Waals surface area (Å²) >= 11 is 0. The number of rotatable bonds is 5. The second kappa shape index (κ2) is 8.37. The predicted octanol–water partition coefficient (Wildman–Crippen LogP) is 3.03. The number of benzene rings is 2. The Bertz CT molecular complexity index is 1260. The lowest BCUT2D eigenvalue weighted by Gasteiger charge is -2.36. The van der Waals surface area contributed by atoms with E-state index in [4.69, 9.17) is 10.2 Å². The monoisotopic (exact) mass is 427 g/mol. The van der Waals surface area contributed by atoms with Crippen LogP contribution in [0.15, 0.2) is 88.8 Å². The highest BCUT2D eigenvalue weighted by Gasteiger charge is 2.31. The maximum atomic E-state index is 11.9. The summed E-state index contributed by atoms with van der Waals surface area (Å²) in [6, 6.07) is 15.7. The molecule has 0 aliphatic carbocycles. The smallest absolute Gasteiger partial charge is 0.252 e. The first-order valence-electron chi connectivity index (χ1n) is 10.6. The van der Waals surface area contributed by atoms with Crippen LogP contribution in [-0.4, -0.2) is 12.1 Å². The summed E-state index contributed by atoms with van der Waals surface area (Å²) in [4.78, 5) is 11.9. The number of nitrogens with one attached hydrogen (secondary N) is 4. The van der Waals surface area contributed by atoms with Crippen LogP contribution in [0.3, 0.4) is 0 Å². The van der Waals surface area contributed by atoms with Crippen molar-refractivity contribution in [3.63, 3.8) is 0 Å². The van der Waals surface area contributed by atoms with Crippen LogP contribution in [0.2, 0.25) is 0 Å². The van der Waals surface area contributed by atoms with Gasteiger partial charge in [0.15, 0.2) is 0 Å². The average Bonchev–Trinajstić information content (AvgIpc) is 2.96. The van der Waals surface area contributed by atoms with Crippen molar-refractivity contribution in [1.82, 2.24) is 21.3 Å². The number of fused-ring (bicyclic) bond motifs is 1. The van der Waals surface area contributed by atoms with Crippen LogP contribution in [0.4, 0.5) is 0 Å². The molecule has 162 valence electrons. The molecule has 1 amide bonds. The van der Waals surface area contributed by atoms with E-state index in [1.54, 1.807) is 6.07 Å². The lowest BCUT2D eigenvalue weighted by molar-refractivity contribution is 0.100. The van der Waals surface area contributed by atoms with E-state index in [1.165, 1.54) is 5.56 Å². The van der Waals surface area contributed by atoms with Crippen molar-refractivity contribution >= 4 is 16.9 Å². The predicted molar refractivity (Wildman–Crippen MR) is 124 cm³/mol. The van der Waals surface area contributed by atoms with Gasteiger partial charge in [-0.1, -0.05) is 48.5 Å². The first-order valence-corrected chi connectivity index (χ1v) is 10.6. The Hall–Kier alpha value is -3.81. The summed E-state index contributed by atoms with van der Waals surface area (Å²) in [5.74, 6) is 0.225. The number of amides is 1. The molecule has 0 fully saturated rings. The highest BCUT2D eigenvalue weighted by atomic mass is 16.3. The van der Waals surface area contributed by atoms with Crippen LogP contribution in [0, 0.1) is 6.92 Å². The van der Waals surface area contributed by atoms with E-state index in [0.29, 0.717) is 17.7 Å². The minimum atomic E-state index is -0.505. The number of furan rings is 1.